The van der Waals surface area contributed by atoms with Crippen LogP contribution >= 0.6 is 0 Å². The number of aromatic nitrogens is 8. The molecule has 6 aromatic heterocycles. The Morgan fingerprint density at radius 3 is 0.985 bits per heavy atom. The van der Waals surface area contributed by atoms with Gasteiger partial charge in [0, 0.05) is 21.5 Å². The quantitative estimate of drug-likeness (QED) is 0.177. The summed E-state index contributed by atoms with van der Waals surface area (Å²) in [6.45, 7) is 0. The third kappa shape index (κ3) is 4.41. The molecule has 0 amide bonds. The van der Waals surface area contributed by atoms with Crippen LogP contribution in [-0.2, 0) is 0 Å². The van der Waals surface area contributed by atoms with Crippen molar-refractivity contribution in [3.8, 4) is 28.8 Å². The minimum absolute atomic E-state index is 0.500. The number of hydrogen-bond donors (Lipinski definition) is 0. The maximum atomic E-state index is 12.4. The normalized spacial score (nSPS) is 12.2. The zero-order valence-electron chi connectivity index (χ0n) is 35.1. The molecule has 0 bridgehead atoms. The largest absolute Gasteiger partial charge is 0.306 e. The lowest BCUT2D eigenvalue weighted by Gasteiger charge is -2.24. The van der Waals surface area contributed by atoms with Gasteiger partial charge in [-0.3, -0.25) is 17.9 Å². The Bertz CT molecular complexity index is 4220. The molecule has 66 heavy (non-hydrogen) atoms. The highest BCUT2D eigenvalue weighted by Crippen LogP contribution is 2.45. The van der Waals surface area contributed by atoms with Gasteiger partial charge in [0.15, 0.2) is 0 Å². The Morgan fingerprint density at radius 2 is 0.621 bits per heavy atom. The molecule has 0 saturated heterocycles. The van der Waals surface area contributed by atoms with Crippen LogP contribution in [0.25, 0.3) is 122 Å². The van der Waals surface area contributed by atoms with Crippen LogP contribution in [0, 0.1) is 11.3 Å². The van der Waals surface area contributed by atoms with Crippen LogP contribution in [0.15, 0.2) is 200 Å². The first-order valence-corrected chi connectivity index (χ1v) is 22.1. The molecule has 0 fully saturated rings. The van der Waals surface area contributed by atoms with Crippen molar-refractivity contribution in [2.24, 2.45) is 0 Å². The third-order valence-corrected chi connectivity index (χ3v) is 13.6. The van der Waals surface area contributed by atoms with Gasteiger partial charge in [0.2, 0.25) is 11.6 Å². The SMILES string of the molecule is N#Cc1c(-n2c3ccccc3c3ccccc32)c(-n2c3ccccc3n3c4ccccc4nc23)cc(-n2c3ccccc3n3c4ccccc4nc23)c1-n1c2ccccc2c2ccccc21. The monoisotopic (exact) mass is 843 g/mol. The Balaban J connectivity index is 1.25. The van der Waals surface area contributed by atoms with Crippen molar-refractivity contribution in [2.45, 2.75) is 0 Å². The summed E-state index contributed by atoms with van der Waals surface area (Å²) in [7, 11) is 0. The van der Waals surface area contributed by atoms with Gasteiger partial charge in [-0.15, -0.1) is 0 Å². The van der Waals surface area contributed by atoms with E-state index in [0.29, 0.717) is 5.56 Å². The van der Waals surface area contributed by atoms with Crippen LogP contribution in [0.5, 0.6) is 0 Å². The van der Waals surface area contributed by atoms with Crippen LogP contribution in [0.2, 0.25) is 0 Å². The lowest BCUT2D eigenvalue weighted by molar-refractivity contribution is 1.01. The molecular weight excluding hydrogens is 811 g/mol. The second-order valence-corrected chi connectivity index (χ2v) is 17.0. The van der Waals surface area contributed by atoms with Gasteiger partial charge >= 0.3 is 0 Å². The maximum Gasteiger partial charge on any atom is 0.220 e. The molecule has 0 radical (unpaired) electrons. The Hall–Kier alpha value is -9.39. The van der Waals surface area contributed by atoms with Crippen molar-refractivity contribution >= 4 is 99.3 Å². The Labute approximate surface area is 374 Å². The highest BCUT2D eigenvalue weighted by Gasteiger charge is 2.31. The second-order valence-electron chi connectivity index (χ2n) is 17.0. The van der Waals surface area contributed by atoms with E-state index in [-0.39, 0.29) is 0 Å². The number of benzene rings is 9. The van der Waals surface area contributed by atoms with Crippen LogP contribution in [0.4, 0.5) is 0 Å². The molecule has 0 atom stereocenters. The summed E-state index contributed by atoms with van der Waals surface area (Å²) in [4.78, 5) is 10.8. The highest BCUT2D eigenvalue weighted by molar-refractivity contribution is 6.12. The van der Waals surface area contributed by atoms with Crippen LogP contribution in [0.1, 0.15) is 5.56 Å². The van der Waals surface area contributed by atoms with Crippen molar-refractivity contribution in [3.05, 3.63) is 206 Å². The van der Waals surface area contributed by atoms with E-state index in [9.17, 15) is 5.26 Å². The number of hydrogen-bond acceptors (Lipinski definition) is 3. The molecule has 9 aromatic carbocycles. The fourth-order valence-corrected chi connectivity index (χ4v) is 11.0. The van der Waals surface area contributed by atoms with E-state index in [1.54, 1.807) is 0 Å². The molecule has 0 aliphatic heterocycles. The summed E-state index contributed by atoms with van der Waals surface area (Å²) in [6, 6.07) is 72.9. The van der Waals surface area contributed by atoms with Gasteiger partial charge in [-0.1, -0.05) is 121 Å². The first kappa shape index (κ1) is 35.1. The van der Waals surface area contributed by atoms with Crippen molar-refractivity contribution in [1.82, 2.24) is 37.0 Å². The molecule has 0 saturated carbocycles. The van der Waals surface area contributed by atoms with Gasteiger partial charge in [-0.25, -0.2) is 9.97 Å². The van der Waals surface area contributed by atoms with E-state index < -0.39 is 0 Å². The summed E-state index contributed by atoms with van der Waals surface area (Å²) < 4.78 is 13.6. The molecule has 15 aromatic rings. The second kappa shape index (κ2) is 12.8. The Kier molecular flexibility index (Phi) is 6.84. The van der Waals surface area contributed by atoms with Gasteiger partial charge < -0.3 is 9.13 Å². The molecular formula is C57H33N9. The van der Waals surface area contributed by atoms with E-state index in [1.165, 1.54) is 0 Å². The van der Waals surface area contributed by atoms with Gasteiger partial charge in [0.25, 0.3) is 0 Å². The molecule has 0 aliphatic carbocycles. The first-order valence-electron chi connectivity index (χ1n) is 22.1. The first-order chi connectivity index (χ1) is 32.8. The predicted octanol–water partition coefficient (Wildman–Crippen LogP) is 13.2. The van der Waals surface area contributed by atoms with Crippen LogP contribution in [0.3, 0.4) is 0 Å². The minimum atomic E-state index is 0.500. The van der Waals surface area contributed by atoms with Gasteiger partial charge in [0.1, 0.15) is 11.6 Å². The standard InChI is InChI=1S/C57H33N9/c58-34-39-54(61-42-23-7-1-17-35(42)36-18-2-8-24-43(36)61)52(65-50-31-15-13-29-48(50)63-46-27-11-5-21-40(46)59-56(63)65)33-53(55(39)62-44-25-9-3-19-37(44)38-20-4-10-26-45(38)62)66-51-32-16-14-30-49(51)64-47-28-12-6-22-41(47)60-57(64)66/h1-33H. The summed E-state index contributed by atoms with van der Waals surface area (Å²) in [5.41, 5.74) is 15.3. The molecule has 306 valence electrons. The van der Waals surface area contributed by atoms with E-state index in [0.717, 1.165) is 122 Å². The highest BCUT2D eigenvalue weighted by atomic mass is 15.2. The average Bonchev–Trinajstić information content (AvgIpc) is 4.21. The molecule has 0 unspecified atom stereocenters. The van der Waals surface area contributed by atoms with E-state index >= 15 is 0 Å². The lowest BCUT2D eigenvalue weighted by Crippen LogP contribution is -2.14. The number of para-hydroxylation sites is 12. The molecule has 9 nitrogen and oxygen atoms in total. The zero-order valence-corrected chi connectivity index (χ0v) is 35.1. The number of rotatable bonds is 4. The van der Waals surface area contributed by atoms with Crippen molar-refractivity contribution < 1.29 is 0 Å². The van der Waals surface area contributed by atoms with Gasteiger partial charge in [-0.05, 0) is 78.9 Å². The molecule has 15 rings (SSSR count). The predicted molar refractivity (Wildman–Crippen MR) is 266 cm³/mol. The number of imidazole rings is 4. The third-order valence-electron chi connectivity index (χ3n) is 13.6. The van der Waals surface area contributed by atoms with Crippen molar-refractivity contribution in [1.29, 1.82) is 5.26 Å². The molecule has 9 heteroatoms. The fraction of sp³-hybridized carbons (Fsp3) is 0. The number of fused-ring (bicyclic) bond motifs is 16. The van der Waals surface area contributed by atoms with Crippen LogP contribution < -0.4 is 0 Å². The lowest BCUT2D eigenvalue weighted by atomic mass is 10.0. The topological polar surface area (TPSA) is 78.1 Å². The van der Waals surface area contributed by atoms with E-state index in [4.69, 9.17) is 9.97 Å². The van der Waals surface area contributed by atoms with Crippen molar-refractivity contribution in [3.63, 3.8) is 0 Å². The Morgan fingerprint density at radius 1 is 0.318 bits per heavy atom. The van der Waals surface area contributed by atoms with Crippen molar-refractivity contribution in [2.75, 3.05) is 0 Å². The smallest absolute Gasteiger partial charge is 0.220 e. The zero-order chi connectivity index (χ0) is 43.2. The fourth-order valence-electron chi connectivity index (χ4n) is 11.0. The summed E-state index contributed by atoms with van der Waals surface area (Å²) in [6.07, 6.45) is 0. The van der Waals surface area contributed by atoms with Gasteiger partial charge in [-0.2, -0.15) is 5.26 Å². The summed E-state index contributed by atoms with van der Waals surface area (Å²) >= 11 is 0. The van der Waals surface area contributed by atoms with E-state index in [1.807, 2.05) is 12.1 Å². The average molecular weight is 844 g/mol. The van der Waals surface area contributed by atoms with E-state index in [2.05, 4.69) is 221 Å². The molecule has 0 aliphatic rings. The molecule has 0 N–H and O–H groups in total. The molecule has 0 spiro atoms. The van der Waals surface area contributed by atoms with Crippen LogP contribution in [-0.4, -0.2) is 37.0 Å². The minimum Gasteiger partial charge on any atom is -0.306 e. The summed E-state index contributed by atoms with van der Waals surface area (Å²) in [5.74, 6) is 1.49. The summed E-state index contributed by atoms with van der Waals surface area (Å²) in [5, 5.41) is 16.8. The maximum absolute atomic E-state index is 12.4. The molecule has 6 heterocycles. The number of nitrogens with zero attached hydrogens (tertiary/aromatic N) is 9. The van der Waals surface area contributed by atoms with Gasteiger partial charge in [0.05, 0.1) is 88.9 Å². The number of nitriles is 1.